The number of thioether (sulfide) groups is 1. The zero-order valence-corrected chi connectivity index (χ0v) is 18.8. The maximum absolute atomic E-state index is 12.7. The van der Waals surface area contributed by atoms with E-state index in [0.29, 0.717) is 11.6 Å². The van der Waals surface area contributed by atoms with Crippen molar-refractivity contribution >= 4 is 27.5 Å². The van der Waals surface area contributed by atoms with Crippen LogP contribution in [0.25, 0.3) is 5.69 Å². The van der Waals surface area contributed by atoms with E-state index in [4.69, 9.17) is 0 Å². The molecule has 2 atom stereocenters. The van der Waals surface area contributed by atoms with Crippen molar-refractivity contribution in [2.75, 3.05) is 38.4 Å². The second-order valence-corrected chi connectivity index (χ2v) is 10.7. The third-order valence-corrected chi connectivity index (χ3v) is 7.96. The van der Waals surface area contributed by atoms with Crippen LogP contribution < -0.4 is 0 Å². The maximum Gasteiger partial charge on any atom is 0.233 e. The molecule has 8 nitrogen and oxygen atoms in total. The Bertz CT molecular complexity index is 959. The van der Waals surface area contributed by atoms with Crippen molar-refractivity contribution in [1.29, 1.82) is 0 Å². The highest BCUT2D eigenvalue weighted by molar-refractivity contribution is 7.99. The maximum atomic E-state index is 12.7. The first-order valence-corrected chi connectivity index (χ1v) is 12.3. The molecule has 10 heteroatoms. The molecule has 1 aliphatic heterocycles. The van der Waals surface area contributed by atoms with Gasteiger partial charge >= 0.3 is 0 Å². The minimum atomic E-state index is -3.03. The predicted molar refractivity (Wildman–Crippen MR) is 114 cm³/mol. The number of carbonyl (C=O) groups excluding carboxylic acids is 1. The van der Waals surface area contributed by atoms with E-state index in [0.717, 1.165) is 11.5 Å². The number of amides is 1. The van der Waals surface area contributed by atoms with Gasteiger partial charge in [0.05, 0.1) is 23.3 Å². The Labute approximate surface area is 176 Å². The van der Waals surface area contributed by atoms with Gasteiger partial charge in [-0.2, -0.15) is 0 Å². The molecule has 0 spiro atoms. The average Bonchev–Trinajstić information content (AvgIpc) is 3.28. The molecule has 0 saturated carbocycles. The van der Waals surface area contributed by atoms with E-state index in [1.165, 1.54) is 11.8 Å². The van der Waals surface area contributed by atoms with Gasteiger partial charge in [-0.1, -0.05) is 30.0 Å². The minimum Gasteiger partial charge on any atom is -0.341 e. The molecule has 1 saturated heterocycles. The van der Waals surface area contributed by atoms with Crippen molar-refractivity contribution in [3.8, 4) is 5.69 Å². The summed E-state index contributed by atoms with van der Waals surface area (Å²) < 4.78 is 25.4. The Kier molecular flexibility index (Phi) is 6.65. The third-order valence-electron chi connectivity index (χ3n) is 5.30. The van der Waals surface area contributed by atoms with E-state index in [9.17, 15) is 13.2 Å². The van der Waals surface area contributed by atoms with E-state index < -0.39 is 9.84 Å². The highest BCUT2D eigenvalue weighted by Crippen LogP contribution is 2.27. The van der Waals surface area contributed by atoms with Gasteiger partial charge in [-0.15, -0.1) is 10.2 Å². The first-order valence-electron chi connectivity index (χ1n) is 9.45. The molecular formula is C19H27N5O3S2. The SMILES string of the molecule is C[C@H](c1nnc(SCC(=O)N(C)[C@@H]2CCS(=O)(=O)C2)n1-c1ccccc1)N(C)C. The lowest BCUT2D eigenvalue weighted by molar-refractivity contribution is -0.128. The van der Waals surface area contributed by atoms with Crippen LogP contribution in [0.1, 0.15) is 25.2 Å². The van der Waals surface area contributed by atoms with Crippen molar-refractivity contribution in [3.63, 3.8) is 0 Å². The molecule has 0 aliphatic carbocycles. The fourth-order valence-electron chi connectivity index (χ4n) is 3.21. The smallest absolute Gasteiger partial charge is 0.233 e. The van der Waals surface area contributed by atoms with Crippen LogP contribution in [0, 0.1) is 0 Å². The fraction of sp³-hybridized carbons (Fsp3) is 0.526. The fourth-order valence-corrected chi connectivity index (χ4v) is 5.87. The van der Waals surface area contributed by atoms with E-state index >= 15 is 0 Å². The molecule has 1 aromatic carbocycles. The first kappa shape index (κ1) is 21.8. The summed E-state index contributed by atoms with van der Waals surface area (Å²) in [6.07, 6.45) is 0.500. The van der Waals surface area contributed by atoms with E-state index in [1.54, 1.807) is 11.9 Å². The monoisotopic (exact) mass is 437 g/mol. The van der Waals surface area contributed by atoms with Crippen molar-refractivity contribution < 1.29 is 13.2 Å². The summed E-state index contributed by atoms with van der Waals surface area (Å²) in [5.41, 5.74) is 0.936. The summed E-state index contributed by atoms with van der Waals surface area (Å²) in [4.78, 5) is 16.3. The molecule has 1 aliphatic rings. The summed E-state index contributed by atoms with van der Waals surface area (Å²) in [7, 11) is 2.61. The van der Waals surface area contributed by atoms with E-state index in [-0.39, 0.29) is 35.2 Å². The van der Waals surface area contributed by atoms with E-state index in [1.807, 2.05) is 49.0 Å². The van der Waals surface area contributed by atoms with Crippen molar-refractivity contribution in [2.24, 2.45) is 0 Å². The van der Waals surface area contributed by atoms with Crippen LogP contribution in [0.2, 0.25) is 0 Å². The summed E-state index contributed by atoms with van der Waals surface area (Å²) >= 11 is 1.32. The molecule has 2 heterocycles. The Morgan fingerprint density at radius 3 is 2.52 bits per heavy atom. The van der Waals surface area contributed by atoms with Gasteiger partial charge in [0.15, 0.2) is 20.8 Å². The highest BCUT2D eigenvalue weighted by atomic mass is 32.2. The highest BCUT2D eigenvalue weighted by Gasteiger charge is 2.33. The molecule has 0 unspecified atom stereocenters. The lowest BCUT2D eigenvalue weighted by Crippen LogP contribution is -2.38. The molecular weight excluding hydrogens is 410 g/mol. The number of benzene rings is 1. The van der Waals surface area contributed by atoms with Crippen molar-refractivity contribution in [3.05, 3.63) is 36.2 Å². The molecule has 29 heavy (non-hydrogen) atoms. The Morgan fingerprint density at radius 1 is 1.24 bits per heavy atom. The van der Waals surface area contributed by atoms with Crippen LogP contribution in [-0.4, -0.2) is 83.3 Å². The van der Waals surface area contributed by atoms with Gasteiger partial charge in [0, 0.05) is 18.8 Å². The normalized spacial score (nSPS) is 19.4. The van der Waals surface area contributed by atoms with Gasteiger partial charge < -0.3 is 4.90 Å². The molecule has 0 N–H and O–H groups in total. The van der Waals surface area contributed by atoms with Crippen molar-refractivity contribution in [2.45, 2.75) is 30.6 Å². The van der Waals surface area contributed by atoms with Gasteiger partial charge in [-0.05, 0) is 39.6 Å². The van der Waals surface area contributed by atoms with E-state index in [2.05, 4.69) is 22.0 Å². The number of hydrogen-bond donors (Lipinski definition) is 0. The van der Waals surface area contributed by atoms with Crippen LogP contribution in [0.15, 0.2) is 35.5 Å². The molecule has 2 aromatic rings. The minimum absolute atomic E-state index is 0.0409. The molecule has 0 bridgehead atoms. The topological polar surface area (TPSA) is 88.4 Å². The van der Waals surface area contributed by atoms with Crippen LogP contribution in [0.3, 0.4) is 0 Å². The lowest BCUT2D eigenvalue weighted by atomic mass is 10.2. The standard InChI is InChI=1S/C19H27N5O3S2/c1-14(22(2)3)18-20-21-19(24(18)15-8-6-5-7-9-15)28-12-17(25)23(4)16-10-11-29(26,27)13-16/h5-9,14,16H,10-13H2,1-4H3/t14-,16-/m1/s1. The van der Waals surface area contributed by atoms with Crippen LogP contribution in [0.5, 0.6) is 0 Å². The second-order valence-electron chi connectivity index (χ2n) is 7.50. The summed E-state index contributed by atoms with van der Waals surface area (Å²) in [6, 6.07) is 9.61. The number of aromatic nitrogens is 3. The largest absolute Gasteiger partial charge is 0.341 e. The Morgan fingerprint density at radius 2 is 1.93 bits per heavy atom. The van der Waals surface area contributed by atoms with Gasteiger partial charge in [-0.3, -0.25) is 14.3 Å². The molecule has 1 amide bonds. The quantitative estimate of drug-likeness (QED) is 0.608. The summed E-state index contributed by atoms with van der Waals surface area (Å²) in [6.45, 7) is 2.05. The molecule has 1 aromatic heterocycles. The predicted octanol–water partition coefficient (Wildman–Crippen LogP) is 1.63. The molecule has 3 rings (SSSR count). The van der Waals surface area contributed by atoms with Gasteiger partial charge in [0.1, 0.15) is 0 Å². The summed E-state index contributed by atoms with van der Waals surface area (Å²) in [5.74, 6) is 1.06. The van der Waals surface area contributed by atoms with Crippen molar-refractivity contribution in [1.82, 2.24) is 24.6 Å². The number of para-hydroxylation sites is 1. The first-order chi connectivity index (χ1) is 13.7. The van der Waals surface area contributed by atoms with Gasteiger partial charge in [-0.25, -0.2) is 8.42 Å². The molecule has 158 valence electrons. The van der Waals surface area contributed by atoms with Crippen LogP contribution in [-0.2, 0) is 14.6 Å². The molecule has 1 fully saturated rings. The van der Waals surface area contributed by atoms with Gasteiger partial charge in [0.25, 0.3) is 0 Å². The number of nitrogens with zero attached hydrogens (tertiary/aromatic N) is 5. The van der Waals surface area contributed by atoms with Crippen LogP contribution in [0.4, 0.5) is 0 Å². The number of sulfone groups is 1. The average molecular weight is 438 g/mol. The van der Waals surface area contributed by atoms with Crippen LogP contribution >= 0.6 is 11.8 Å². The number of hydrogen-bond acceptors (Lipinski definition) is 7. The number of rotatable bonds is 7. The number of carbonyl (C=O) groups is 1. The Balaban J connectivity index is 1.78. The summed E-state index contributed by atoms with van der Waals surface area (Å²) in [5, 5.41) is 9.35. The Hall–Kier alpha value is -1.91. The molecule has 0 radical (unpaired) electrons. The zero-order chi connectivity index (χ0) is 21.2. The van der Waals surface area contributed by atoms with Gasteiger partial charge in [0.2, 0.25) is 5.91 Å². The third kappa shape index (κ3) is 4.99. The zero-order valence-electron chi connectivity index (χ0n) is 17.1. The lowest BCUT2D eigenvalue weighted by Gasteiger charge is -2.23. The second kappa shape index (κ2) is 8.85.